The van der Waals surface area contributed by atoms with Crippen LogP contribution in [0, 0.1) is 5.92 Å². The van der Waals surface area contributed by atoms with Gasteiger partial charge in [-0.15, -0.1) is 0 Å². The number of piperazine rings is 1. The van der Waals surface area contributed by atoms with E-state index in [0.29, 0.717) is 42.5 Å². The summed E-state index contributed by atoms with van der Waals surface area (Å²) in [5.74, 6) is -1.15. The molecule has 1 saturated carbocycles. The molecule has 3 amide bonds. The van der Waals surface area contributed by atoms with Crippen LogP contribution in [0.2, 0.25) is 5.02 Å². The minimum Gasteiger partial charge on any atom is -0.459 e. The number of hydrazine groups is 1. The van der Waals surface area contributed by atoms with Gasteiger partial charge in [-0.3, -0.25) is 10.2 Å². The molecule has 2 heterocycles. The summed E-state index contributed by atoms with van der Waals surface area (Å²) < 4.78 is 48.4. The number of carbonyl (C=O) groups excluding carboxylic acids is 2. The quantitative estimate of drug-likeness (QED) is 0.651. The van der Waals surface area contributed by atoms with Gasteiger partial charge in [-0.1, -0.05) is 11.6 Å². The highest BCUT2D eigenvalue weighted by atomic mass is 35.5. The van der Waals surface area contributed by atoms with Gasteiger partial charge < -0.3 is 19.4 Å². The topological polar surface area (TPSA) is 87.0 Å². The van der Waals surface area contributed by atoms with E-state index in [9.17, 15) is 22.8 Å². The number of amides is 3. The zero-order valence-corrected chi connectivity index (χ0v) is 18.4. The van der Waals surface area contributed by atoms with Crippen LogP contribution in [0.4, 0.5) is 18.0 Å². The number of urea groups is 1. The Balaban J connectivity index is 1.13. The summed E-state index contributed by atoms with van der Waals surface area (Å²) in [4.78, 5) is 26.1. The van der Waals surface area contributed by atoms with Crippen LogP contribution in [-0.2, 0) is 16.1 Å². The lowest BCUT2D eigenvalue weighted by Crippen LogP contribution is -2.57. The van der Waals surface area contributed by atoms with Crippen LogP contribution in [0.25, 0.3) is 11.0 Å². The molecule has 180 valence electrons. The van der Waals surface area contributed by atoms with Crippen molar-refractivity contribution in [3.63, 3.8) is 0 Å². The lowest BCUT2D eigenvalue weighted by Gasteiger charge is -2.36. The number of benzene rings is 1. The van der Waals surface area contributed by atoms with Crippen molar-refractivity contribution in [2.45, 2.75) is 31.7 Å². The van der Waals surface area contributed by atoms with E-state index >= 15 is 0 Å². The van der Waals surface area contributed by atoms with Gasteiger partial charge in [0.15, 0.2) is 0 Å². The van der Waals surface area contributed by atoms with Crippen molar-refractivity contribution in [2.75, 3.05) is 32.8 Å². The van der Waals surface area contributed by atoms with Gasteiger partial charge in [0.1, 0.15) is 18.0 Å². The molecule has 0 bridgehead atoms. The summed E-state index contributed by atoms with van der Waals surface area (Å²) in [6.45, 7) is 1.58. The highest BCUT2D eigenvalue weighted by Gasteiger charge is 2.48. The Bertz CT molecular complexity index is 1000. The van der Waals surface area contributed by atoms with Crippen molar-refractivity contribution in [1.82, 2.24) is 20.7 Å². The van der Waals surface area contributed by atoms with Crippen LogP contribution in [0.1, 0.15) is 18.6 Å². The molecular formula is C21H24ClF3N4O4. The lowest BCUT2D eigenvalue weighted by molar-refractivity contribution is -0.219. The third kappa shape index (κ3) is 6.10. The van der Waals surface area contributed by atoms with Crippen LogP contribution >= 0.6 is 11.6 Å². The van der Waals surface area contributed by atoms with Gasteiger partial charge >= 0.3 is 12.2 Å². The smallest absolute Gasteiger partial charge is 0.392 e. The largest absolute Gasteiger partial charge is 0.459 e. The maximum Gasteiger partial charge on any atom is 0.392 e. The molecule has 33 heavy (non-hydrogen) atoms. The monoisotopic (exact) mass is 488 g/mol. The predicted octanol–water partition coefficient (Wildman–Crippen LogP) is 3.30. The normalized spacial score (nSPS) is 21.6. The number of rotatable bonds is 6. The Hall–Kier alpha value is -2.50. The number of nitrogens with zero attached hydrogens (tertiary/aromatic N) is 2. The summed E-state index contributed by atoms with van der Waals surface area (Å²) in [5, 5.41) is 5.94. The zero-order valence-electron chi connectivity index (χ0n) is 17.7. The van der Waals surface area contributed by atoms with Crippen molar-refractivity contribution in [3.8, 4) is 0 Å². The number of hydrogen-bond donors (Lipinski definition) is 2. The standard InChI is InChI=1S/C21H24ClF3N4O4/c22-15-1-2-18-13(7-15)8-17(33-18)11-26-20(31)28-3-5-29(6-4-28)27-19(30)12-32-16-9-14(10-16)21(23,24)25/h1-2,7-8,14,16H,3-6,9-12H2,(H,26,31)(H,27,30)/t14-,16+. The van der Waals surface area contributed by atoms with Crippen molar-refractivity contribution in [2.24, 2.45) is 5.92 Å². The van der Waals surface area contributed by atoms with E-state index in [1.165, 1.54) is 0 Å². The maximum absolute atomic E-state index is 12.5. The van der Waals surface area contributed by atoms with Gasteiger partial charge in [-0.25, -0.2) is 9.80 Å². The SMILES string of the molecule is O=C(CO[C@H]1C[C@@H](C(F)(F)F)C1)NN1CCN(C(=O)NCc2cc3cc(Cl)ccc3o2)CC1. The van der Waals surface area contributed by atoms with Crippen LogP contribution in [-0.4, -0.2) is 66.9 Å². The second-order valence-corrected chi connectivity index (χ2v) is 8.64. The average molecular weight is 489 g/mol. The first-order chi connectivity index (χ1) is 15.7. The number of halogens is 4. The van der Waals surface area contributed by atoms with Gasteiger partial charge in [-0.05, 0) is 37.1 Å². The molecule has 0 radical (unpaired) electrons. The Morgan fingerprint density at radius 3 is 2.58 bits per heavy atom. The molecule has 0 spiro atoms. The summed E-state index contributed by atoms with van der Waals surface area (Å²) in [5.41, 5.74) is 3.35. The minimum atomic E-state index is -4.20. The second kappa shape index (κ2) is 9.78. The molecule has 2 N–H and O–H groups in total. The molecular weight excluding hydrogens is 465 g/mol. The van der Waals surface area contributed by atoms with E-state index in [4.69, 9.17) is 20.8 Å². The number of carbonyl (C=O) groups is 2. The molecule has 2 aliphatic rings. The van der Waals surface area contributed by atoms with Crippen molar-refractivity contribution < 1.29 is 31.9 Å². The Morgan fingerprint density at radius 1 is 1.15 bits per heavy atom. The first-order valence-corrected chi connectivity index (χ1v) is 11.0. The van der Waals surface area contributed by atoms with Crippen molar-refractivity contribution in [3.05, 3.63) is 35.0 Å². The molecule has 2 fully saturated rings. The zero-order chi connectivity index (χ0) is 23.6. The van der Waals surface area contributed by atoms with Gasteiger partial charge in [-0.2, -0.15) is 13.2 Å². The third-order valence-electron chi connectivity index (χ3n) is 5.80. The first kappa shape index (κ1) is 23.7. The molecule has 4 rings (SSSR count). The molecule has 1 aliphatic heterocycles. The summed E-state index contributed by atoms with van der Waals surface area (Å²) >= 11 is 5.97. The molecule has 1 aliphatic carbocycles. The number of hydrogen-bond acceptors (Lipinski definition) is 5. The molecule has 2 aromatic rings. The van der Waals surface area contributed by atoms with E-state index < -0.39 is 24.1 Å². The Morgan fingerprint density at radius 2 is 1.88 bits per heavy atom. The maximum atomic E-state index is 12.5. The number of alkyl halides is 3. The fourth-order valence-electron chi connectivity index (χ4n) is 3.82. The average Bonchev–Trinajstić information content (AvgIpc) is 3.12. The predicted molar refractivity (Wildman–Crippen MR) is 113 cm³/mol. The van der Waals surface area contributed by atoms with Crippen molar-refractivity contribution >= 4 is 34.5 Å². The summed E-state index contributed by atoms with van der Waals surface area (Å²) in [7, 11) is 0. The van der Waals surface area contributed by atoms with Gasteiger partial charge in [0.05, 0.1) is 18.6 Å². The summed E-state index contributed by atoms with van der Waals surface area (Å²) in [6, 6.07) is 6.87. The number of nitrogens with one attached hydrogen (secondary N) is 2. The molecule has 1 aromatic heterocycles. The van der Waals surface area contributed by atoms with Gasteiger partial charge in [0, 0.05) is 36.6 Å². The molecule has 0 unspecified atom stereocenters. The number of furan rings is 1. The van der Waals surface area contributed by atoms with E-state index in [0.717, 1.165) is 5.39 Å². The van der Waals surface area contributed by atoms with Gasteiger partial charge in [0.25, 0.3) is 5.91 Å². The Labute approximate surface area is 192 Å². The molecule has 0 atom stereocenters. The molecule has 1 aromatic carbocycles. The fourth-order valence-corrected chi connectivity index (χ4v) is 4.00. The highest BCUT2D eigenvalue weighted by Crippen LogP contribution is 2.42. The van der Waals surface area contributed by atoms with Crippen molar-refractivity contribution in [1.29, 1.82) is 0 Å². The number of fused-ring (bicyclic) bond motifs is 1. The van der Waals surface area contributed by atoms with Gasteiger partial charge in [0.2, 0.25) is 0 Å². The van der Waals surface area contributed by atoms with Crippen LogP contribution in [0.5, 0.6) is 0 Å². The minimum absolute atomic E-state index is 0.105. The van der Waals surface area contributed by atoms with Crippen LogP contribution < -0.4 is 10.7 Å². The molecule has 8 nitrogen and oxygen atoms in total. The highest BCUT2D eigenvalue weighted by molar-refractivity contribution is 6.31. The van der Waals surface area contributed by atoms with E-state index in [-0.39, 0.29) is 32.0 Å². The van der Waals surface area contributed by atoms with Crippen LogP contribution in [0.15, 0.2) is 28.7 Å². The molecule has 12 heteroatoms. The van der Waals surface area contributed by atoms with E-state index in [1.807, 2.05) is 6.07 Å². The fraction of sp³-hybridized carbons (Fsp3) is 0.524. The second-order valence-electron chi connectivity index (χ2n) is 8.21. The number of ether oxygens (including phenoxy) is 1. The Kier molecular flexibility index (Phi) is 7.01. The third-order valence-corrected chi connectivity index (χ3v) is 6.04. The molecule has 1 saturated heterocycles. The lowest BCUT2D eigenvalue weighted by atomic mass is 9.82. The summed E-state index contributed by atoms with van der Waals surface area (Å²) in [6.07, 6.45) is -4.95. The first-order valence-electron chi connectivity index (χ1n) is 10.6. The van der Waals surface area contributed by atoms with Crippen LogP contribution in [0.3, 0.4) is 0 Å². The van der Waals surface area contributed by atoms with E-state index in [2.05, 4.69) is 10.7 Å². The van der Waals surface area contributed by atoms with E-state index in [1.54, 1.807) is 28.1 Å².